The number of nitrogens with one attached hydrogen (secondary N) is 1. The van der Waals surface area contributed by atoms with Gasteiger partial charge in [-0.15, -0.1) is 0 Å². The Morgan fingerprint density at radius 1 is 1.38 bits per heavy atom. The number of rotatable bonds is 6. The van der Waals surface area contributed by atoms with Gasteiger partial charge in [-0.25, -0.2) is 0 Å². The molecule has 0 radical (unpaired) electrons. The van der Waals surface area contributed by atoms with E-state index < -0.39 is 0 Å². The van der Waals surface area contributed by atoms with Crippen molar-refractivity contribution in [2.75, 3.05) is 26.7 Å². The molecule has 96 valence electrons. The molecule has 1 aliphatic heterocycles. The first-order valence-electron chi connectivity index (χ1n) is 7.07. The molecular formula is C14H30N2. The van der Waals surface area contributed by atoms with Gasteiger partial charge in [-0.3, -0.25) is 0 Å². The normalized spacial score (nSPS) is 27.6. The van der Waals surface area contributed by atoms with Crippen molar-refractivity contribution >= 4 is 0 Å². The molecule has 2 nitrogen and oxygen atoms in total. The number of likely N-dealkylation sites (tertiary alicyclic amines) is 1. The molecule has 0 bridgehead atoms. The second-order valence-electron chi connectivity index (χ2n) is 5.69. The molecule has 1 heterocycles. The average molecular weight is 226 g/mol. The zero-order valence-corrected chi connectivity index (χ0v) is 11.6. The van der Waals surface area contributed by atoms with Crippen LogP contribution in [0.2, 0.25) is 0 Å². The van der Waals surface area contributed by atoms with Gasteiger partial charge >= 0.3 is 0 Å². The monoisotopic (exact) mass is 226 g/mol. The van der Waals surface area contributed by atoms with Crippen molar-refractivity contribution in [3.63, 3.8) is 0 Å². The fourth-order valence-electron chi connectivity index (χ4n) is 2.83. The molecule has 1 rings (SSSR count). The standard InChI is InChI=1S/C14H30N2/c1-5-13-11-16(9-6-7-12(2)3)10-8-14(13)15-4/h12-15H,5-11H2,1-4H3. The molecule has 2 unspecified atom stereocenters. The Morgan fingerprint density at radius 3 is 2.69 bits per heavy atom. The number of hydrogen-bond donors (Lipinski definition) is 1. The van der Waals surface area contributed by atoms with Gasteiger partial charge < -0.3 is 10.2 Å². The van der Waals surface area contributed by atoms with Gasteiger partial charge in [0.05, 0.1) is 0 Å². The fourth-order valence-corrected chi connectivity index (χ4v) is 2.83. The maximum Gasteiger partial charge on any atom is 0.0117 e. The highest BCUT2D eigenvalue weighted by Gasteiger charge is 2.26. The molecule has 0 aliphatic carbocycles. The molecular weight excluding hydrogens is 196 g/mol. The summed E-state index contributed by atoms with van der Waals surface area (Å²) < 4.78 is 0. The Morgan fingerprint density at radius 2 is 2.12 bits per heavy atom. The minimum absolute atomic E-state index is 0.756. The van der Waals surface area contributed by atoms with Crippen LogP contribution in [0.1, 0.15) is 46.5 Å². The van der Waals surface area contributed by atoms with Crippen LogP contribution in [0, 0.1) is 11.8 Å². The van der Waals surface area contributed by atoms with Gasteiger partial charge in [-0.05, 0) is 51.2 Å². The highest BCUT2D eigenvalue weighted by molar-refractivity contribution is 4.83. The third-order valence-electron chi connectivity index (χ3n) is 3.97. The zero-order chi connectivity index (χ0) is 12.0. The molecule has 1 saturated heterocycles. The Kier molecular flexibility index (Phi) is 6.37. The minimum atomic E-state index is 0.756. The molecule has 1 fully saturated rings. The summed E-state index contributed by atoms with van der Waals surface area (Å²) in [5.74, 6) is 1.72. The number of hydrogen-bond acceptors (Lipinski definition) is 2. The summed E-state index contributed by atoms with van der Waals surface area (Å²) in [6.07, 6.45) is 5.39. The fraction of sp³-hybridized carbons (Fsp3) is 1.00. The predicted octanol–water partition coefficient (Wildman–Crippen LogP) is 2.74. The van der Waals surface area contributed by atoms with Crippen LogP contribution in [-0.2, 0) is 0 Å². The van der Waals surface area contributed by atoms with Crippen LogP contribution in [0.15, 0.2) is 0 Å². The van der Waals surface area contributed by atoms with Crippen LogP contribution in [0.5, 0.6) is 0 Å². The van der Waals surface area contributed by atoms with Gasteiger partial charge in [-0.1, -0.05) is 27.2 Å². The first-order valence-corrected chi connectivity index (χ1v) is 7.07. The van der Waals surface area contributed by atoms with Crippen molar-refractivity contribution < 1.29 is 0 Å². The summed E-state index contributed by atoms with van der Waals surface area (Å²) in [6.45, 7) is 10.9. The van der Waals surface area contributed by atoms with E-state index >= 15 is 0 Å². The lowest BCUT2D eigenvalue weighted by molar-refractivity contribution is 0.135. The summed E-state index contributed by atoms with van der Waals surface area (Å²) in [5.41, 5.74) is 0. The minimum Gasteiger partial charge on any atom is -0.317 e. The molecule has 0 aromatic heterocycles. The maximum atomic E-state index is 3.47. The average Bonchev–Trinajstić information content (AvgIpc) is 2.28. The second-order valence-corrected chi connectivity index (χ2v) is 5.69. The van der Waals surface area contributed by atoms with Crippen molar-refractivity contribution in [3.8, 4) is 0 Å². The topological polar surface area (TPSA) is 15.3 Å². The molecule has 2 atom stereocenters. The maximum absolute atomic E-state index is 3.47. The lowest BCUT2D eigenvalue weighted by Gasteiger charge is -2.38. The van der Waals surface area contributed by atoms with Gasteiger partial charge in [0.1, 0.15) is 0 Å². The van der Waals surface area contributed by atoms with Crippen LogP contribution in [0.25, 0.3) is 0 Å². The molecule has 0 spiro atoms. The summed E-state index contributed by atoms with van der Waals surface area (Å²) >= 11 is 0. The molecule has 0 aromatic carbocycles. The lowest BCUT2D eigenvalue weighted by atomic mass is 9.90. The van der Waals surface area contributed by atoms with Crippen molar-refractivity contribution in [2.45, 2.75) is 52.5 Å². The van der Waals surface area contributed by atoms with Crippen molar-refractivity contribution in [1.29, 1.82) is 0 Å². The second kappa shape index (κ2) is 7.29. The van der Waals surface area contributed by atoms with Crippen LogP contribution in [0.3, 0.4) is 0 Å². The van der Waals surface area contributed by atoms with E-state index in [2.05, 4.69) is 38.0 Å². The van der Waals surface area contributed by atoms with Crippen LogP contribution < -0.4 is 5.32 Å². The molecule has 16 heavy (non-hydrogen) atoms. The van der Waals surface area contributed by atoms with E-state index in [0.29, 0.717) is 0 Å². The number of nitrogens with zero attached hydrogens (tertiary/aromatic N) is 1. The molecule has 0 aromatic rings. The smallest absolute Gasteiger partial charge is 0.0117 e. The van der Waals surface area contributed by atoms with Gasteiger partial charge in [-0.2, -0.15) is 0 Å². The van der Waals surface area contributed by atoms with Gasteiger partial charge in [0.2, 0.25) is 0 Å². The summed E-state index contributed by atoms with van der Waals surface area (Å²) in [7, 11) is 2.11. The Balaban J connectivity index is 2.25. The highest BCUT2D eigenvalue weighted by atomic mass is 15.1. The lowest BCUT2D eigenvalue weighted by Crippen LogP contribution is -2.48. The van der Waals surface area contributed by atoms with Crippen LogP contribution in [-0.4, -0.2) is 37.6 Å². The molecule has 0 amide bonds. The van der Waals surface area contributed by atoms with Crippen molar-refractivity contribution in [1.82, 2.24) is 10.2 Å². The first kappa shape index (κ1) is 14.0. The SMILES string of the molecule is CCC1CN(CCCC(C)C)CCC1NC. The van der Waals surface area contributed by atoms with Gasteiger partial charge in [0, 0.05) is 12.6 Å². The van der Waals surface area contributed by atoms with Gasteiger partial charge in [0.25, 0.3) is 0 Å². The van der Waals surface area contributed by atoms with E-state index in [1.165, 1.54) is 45.3 Å². The Labute approximate surface area is 102 Å². The van der Waals surface area contributed by atoms with E-state index in [9.17, 15) is 0 Å². The zero-order valence-electron chi connectivity index (χ0n) is 11.6. The molecule has 2 heteroatoms. The van der Waals surface area contributed by atoms with Gasteiger partial charge in [0.15, 0.2) is 0 Å². The summed E-state index contributed by atoms with van der Waals surface area (Å²) in [4.78, 5) is 2.67. The molecule has 1 N–H and O–H groups in total. The van der Waals surface area contributed by atoms with E-state index in [1.807, 2.05) is 0 Å². The summed E-state index contributed by atoms with van der Waals surface area (Å²) in [5, 5.41) is 3.47. The van der Waals surface area contributed by atoms with Crippen LogP contribution in [0.4, 0.5) is 0 Å². The van der Waals surface area contributed by atoms with E-state index in [4.69, 9.17) is 0 Å². The van der Waals surface area contributed by atoms with E-state index in [1.54, 1.807) is 0 Å². The van der Waals surface area contributed by atoms with E-state index in [0.717, 1.165) is 17.9 Å². The Bertz CT molecular complexity index is 180. The molecule has 1 aliphatic rings. The van der Waals surface area contributed by atoms with Crippen LogP contribution >= 0.6 is 0 Å². The van der Waals surface area contributed by atoms with E-state index in [-0.39, 0.29) is 0 Å². The highest BCUT2D eigenvalue weighted by Crippen LogP contribution is 2.20. The molecule has 0 saturated carbocycles. The number of piperidine rings is 1. The quantitative estimate of drug-likeness (QED) is 0.749. The Hall–Kier alpha value is -0.0800. The summed E-state index contributed by atoms with van der Waals surface area (Å²) in [6, 6.07) is 0.756. The third-order valence-corrected chi connectivity index (χ3v) is 3.97. The van der Waals surface area contributed by atoms with Crippen molar-refractivity contribution in [3.05, 3.63) is 0 Å². The third kappa shape index (κ3) is 4.42. The largest absolute Gasteiger partial charge is 0.317 e. The first-order chi connectivity index (χ1) is 7.67. The van der Waals surface area contributed by atoms with Crippen molar-refractivity contribution in [2.24, 2.45) is 11.8 Å². The predicted molar refractivity (Wildman–Crippen MR) is 71.8 cm³/mol.